The Morgan fingerprint density at radius 1 is 1.58 bits per heavy atom. The Morgan fingerprint density at radius 2 is 2.25 bits per heavy atom. The van der Waals surface area contributed by atoms with E-state index < -0.39 is 17.8 Å². The SMILES string of the molecule is NC(C(=O)O)C(=O)c1ccco1. The van der Waals surface area contributed by atoms with Crippen molar-refractivity contribution >= 4 is 11.8 Å². The van der Waals surface area contributed by atoms with Crippen molar-refractivity contribution < 1.29 is 19.1 Å². The topological polar surface area (TPSA) is 93.5 Å². The molecule has 0 aromatic carbocycles. The fraction of sp³-hybridized carbons (Fsp3) is 0.143. The Bertz CT molecular complexity index is 290. The van der Waals surface area contributed by atoms with Crippen LogP contribution in [0.15, 0.2) is 22.8 Å². The van der Waals surface area contributed by atoms with Crippen molar-refractivity contribution in [2.45, 2.75) is 6.04 Å². The van der Waals surface area contributed by atoms with Gasteiger partial charge in [-0.25, -0.2) is 0 Å². The van der Waals surface area contributed by atoms with Crippen LogP contribution < -0.4 is 5.73 Å². The molecular formula is C7H7NO4. The average Bonchev–Trinajstić information content (AvgIpc) is 2.53. The fourth-order valence-corrected chi connectivity index (χ4v) is 0.684. The Labute approximate surface area is 67.8 Å². The summed E-state index contributed by atoms with van der Waals surface area (Å²) >= 11 is 0. The highest BCUT2D eigenvalue weighted by Gasteiger charge is 2.24. The minimum atomic E-state index is -1.55. The second kappa shape index (κ2) is 3.19. The normalized spacial score (nSPS) is 12.4. The van der Waals surface area contributed by atoms with E-state index in [9.17, 15) is 9.59 Å². The largest absolute Gasteiger partial charge is 0.480 e. The number of rotatable bonds is 3. The van der Waals surface area contributed by atoms with Crippen molar-refractivity contribution in [3.63, 3.8) is 0 Å². The van der Waals surface area contributed by atoms with Crippen molar-refractivity contribution in [3.8, 4) is 0 Å². The van der Waals surface area contributed by atoms with Crippen LogP contribution >= 0.6 is 0 Å². The molecule has 0 saturated carbocycles. The molecule has 1 unspecified atom stereocenters. The number of ketones is 1. The summed E-state index contributed by atoms with van der Waals surface area (Å²) in [6, 6.07) is 1.31. The van der Waals surface area contributed by atoms with Gasteiger partial charge in [-0.05, 0) is 12.1 Å². The molecule has 1 rings (SSSR count). The molecule has 0 aliphatic carbocycles. The van der Waals surface area contributed by atoms with E-state index in [-0.39, 0.29) is 5.76 Å². The third-order valence-corrected chi connectivity index (χ3v) is 1.31. The highest BCUT2D eigenvalue weighted by molar-refractivity contribution is 6.09. The van der Waals surface area contributed by atoms with Crippen molar-refractivity contribution in [2.75, 3.05) is 0 Å². The standard InChI is InChI=1S/C7H7NO4/c8-5(7(10)11)6(9)4-2-1-3-12-4/h1-3,5H,8H2,(H,10,11). The van der Waals surface area contributed by atoms with Crippen LogP contribution in [0, 0.1) is 0 Å². The van der Waals surface area contributed by atoms with Crippen molar-refractivity contribution in [2.24, 2.45) is 5.73 Å². The zero-order valence-electron chi connectivity index (χ0n) is 6.06. The maximum Gasteiger partial charge on any atom is 0.328 e. The van der Waals surface area contributed by atoms with Crippen LogP contribution in [0.25, 0.3) is 0 Å². The highest BCUT2D eigenvalue weighted by Crippen LogP contribution is 2.03. The van der Waals surface area contributed by atoms with E-state index in [0.717, 1.165) is 0 Å². The number of nitrogens with two attached hydrogens (primary N) is 1. The molecule has 0 spiro atoms. The Morgan fingerprint density at radius 3 is 2.67 bits per heavy atom. The summed E-state index contributed by atoms with van der Waals surface area (Å²) in [5.41, 5.74) is 5.04. The van der Waals surface area contributed by atoms with Gasteiger partial charge in [0.15, 0.2) is 11.8 Å². The van der Waals surface area contributed by atoms with Gasteiger partial charge in [-0.2, -0.15) is 0 Å². The molecule has 1 aromatic heterocycles. The molecule has 1 atom stereocenters. The minimum Gasteiger partial charge on any atom is -0.480 e. The fourth-order valence-electron chi connectivity index (χ4n) is 0.684. The zero-order valence-corrected chi connectivity index (χ0v) is 6.06. The van der Waals surface area contributed by atoms with Gasteiger partial charge in [-0.3, -0.25) is 9.59 Å². The summed E-state index contributed by atoms with van der Waals surface area (Å²) in [6.45, 7) is 0. The zero-order chi connectivity index (χ0) is 9.14. The number of carboxylic acid groups (broad SMARTS) is 1. The number of carboxylic acids is 1. The van der Waals surface area contributed by atoms with E-state index in [1.54, 1.807) is 0 Å². The second-order valence-electron chi connectivity index (χ2n) is 2.16. The number of carbonyl (C=O) groups is 2. The molecular weight excluding hydrogens is 162 g/mol. The summed E-state index contributed by atoms with van der Waals surface area (Å²) in [5.74, 6) is -2.13. The molecule has 0 aliphatic rings. The van der Waals surface area contributed by atoms with Gasteiger partial charge in [-0.1, -0.05) is 0 Å². The summed E-state index contributed by atoms with van der Waals surface area (Å²) in [7, 11) is 0. The third kappa shape index (κ3) is 1.51. The van der Waals surface area contributed by atoms with E-state index in [1.807, 2.05) is 0 Å². The van der Waals surface area contributed by atoms with Crippen LogP contribution in [0.2, 0.25) is 0 Å². The predicted octanol–water partition coefficient (Wildman–Crippen LogP) is -0.126. The molecule has 12 heavy (non-hydrogen) atoms. The number of hydrogen-bond donors (Lipinski definition) is 2. The van der Waals surface area contributed by atoms with Gasteiger partial charge in [0, 0.05) is 0 Å². The maximum absolute atomic E-state index is 11.0. The molecule has 3 N–H and O–H groups in total. The molecule has 64 valence electrons. The van der Waals surface area contributed by atoms with Gasteiger partial charge in [-0.15, -0.1) is 0 Å². The van der Waals surface area contributed by atoms with Crippen molar-refractivity contribution in [3.05, 3.63) is 24.2 Å². The van der Waals surface area contributed by atoms with Crippen LogP contribution in [0.5, 0.6) is 0 Å². The number of furan rings is 1. The number of Topliss-reactive ketones (excluding diaryl/α,β-unsaturated/α-hetero) is 1. The third-order valence-electron chi connectivity index (χ3n) is 1.31. The van der Waals surface area contributed by atoms with Crippen LogP contribution in [0.1, 0.15) is 10.6 Å². The Balaban J connectivity index is 2.79. The lowest BCUT2D eigenvalue weighted by Gasteiger charge is -2.00. The molecule has 0 radical (unpaired) electrons. The first-order valence-corrected chi connectivity index (χ1v) is 3.19. The van der Waals surface area contributed by atoms with Gasteiger partial charge in [0.2, 0.25) is 5.78 Å². The van der Waals surface area contributed by atoms with Crippen LogP contribution in [-0.4, -0.2) is 22.9 Å². The van der Waals surface area contributed by atoms with Gasteiger partial charge in [0.1, 0.15) is 0 Å². The van der Waals surface area contributed by atoms with Gasteiger partial charge in [0.05, 0.1) is 6.26 Å². The summed E-state index contributed by atoms with van der Waals surface area (Å²) in [5, 5.41) is 8.36. The number of carbonyl (C=O) groups excluding carboxylic acids is 1. The molecule has 0 amide bonds. The monoisotopic (exact) mass is 169 g/mol. The van der Waals surface area contributed by atoms with E-state index in [2.05, 4.69) is 4.42 Å². The molecule has 5 nitrogen and oxygen atoms in total. The van der Waals surface area contributed by atoms with Crippen molar-refractivity contribution in [1.82, 2.24) is 0 Å². The first-order chi connectivity index (χ1) is 5.63. The van der Waals surface area contributed by atoms with Crippen LogP contribution in [0.3, 0.4) is 0 Å². The van der Waals surface area contributed by atoms with Crippen LogP contribution in [-0.2, 0) is 4.79 Å². The average molecular weight is 169 g/mol. The van der Waals surface area contributed by atoms with Crippen LogP contribution in [0.4, 0.5) is 0 Å². The lowest BCUT2D eigenvalue weighted by atomic mass is 10.1. The summed E-state index contributed by atoms with van der Waals surface area (Å²) in [6.07, 6.45) is 1.28. The van der Waals surface area contributed by atoms with Crippen molar-refractivity contribution in [1.29, 1.82) is 0 Å². The summed E-state index contributed by atoms with van der Waals surface area (Å²) in [4.78, 5) is 21.3. The Kier molecular flexibility index (Phi) is 2.25. The second-order valence-corrected chi connectivity index (χ2v) is 2.16. The van der Waals surface area contributed by atoms with Gasteiger partial charge in [0.25, 0.3) is 0 Å². The van der Waals surface area contributed by atoms with E-state index in [1.165, 1.54) is 18.4 Å². The molecule has 0 fully saturated rings. The summed E-state index contributed by atoms with van der Waals surface area (Å²) < 4.78 is 4.67. The van der Waals surface area contributed by atoms with Gasteiger partial charge < -0.3 is 15.3 Å². The van der Waals surface area contributed by atoms with E-state index in [0.29, 0.717) is 0 Å². The first kappa shape index (κ1) is 8.48. The first-order valence-electron chi connectivity index (χ1n) is 3.19. The number of aliphatic carboxylic acids is 1. The smallest absolute Gasteiger partial charge is 0.328 e. The number of hydrogen-bond acceptors (Lipinski definition) is 4. The molecule has 0 aliphatic heterocycles. The predicted molar refractivity (Wildman–Crippen MR) is 38.6 cm³/mol. The molecule has 0 bridgehead atoms. The van der Waals surface area contributed by atoms with Gasteiger partial charge >= 0.3 is 5.97 Å². The molecule has 1 heterocycles. The maximum atomic E-state index is 11.0. The quantitative estimate of drug-likeness (QED) is 0.485. The van der Waals surface area contributed by atoms with E-state index in [4.69, 9.17) is 10.8 Å². The lowest BCUT2D eigenvalue weighted by Crippen LogP contribution is -2.38. The minimum absolute atomic E-state index is 0.0371. The highest BCUT2D eigenvalue weighted by atomic mass is 16.4. The lowest BCUT2D eigenvalue weighted by molar-refractivity contribution is -0.137. The molecule has 0 saturated heterocycles. The Hall–Kier alpha value is -1.62. The molecule has 5 heteroatoms. The van der Waals surface area contributed by atoms with E-state index >= 15 is 0 Å². The molecule has 1 aromatic rings.